The molecule has 0 bridgehead atoms. The quantitative estimate of drug-likeness (QED) is 0.123. The number of fused-ring (bicyclic) bond motifs is 6. The Hall–Kier alpha value is -2.05. The Morgan fingerprint density at radius 1 is 1.03 bits per heavy atom. The summed E-state index contributed by atoms with van der Waals surface area (Å²) in [4.78, 5) is 18.2. The molecule has 4 rings (SSSR count). The third-order valence-corrected chi connectivity index (χ3v) is 9.99. The summed E-state index contributed by atoms with van der Waals surface area (Å²) in [5.41, 5.74) is 1.10. The van der Waals surface area contributed by atoms with Crippen LogP contribution in [0.1, 0.15) is 0 Å². The lowest BCUT2D eigenvalue weighted by Crippen LogP contribution is -2.24. The van der Waals surface area contributed by atoms with Crippen molar-refractivity contribution in [2.75, 3.05) is 13.2 Å². The van der Waals surface area contributed by atoms with Crippen LogP contribution >= 0.6 is 11.6 Å². The van der Waals surface area contributed by atoms with Gasteiger partial charge in [-0.1, -0.05) is 19.6 Å². The minimum Gasteiger partial charge on any atom is -0.364 e. The zero-order chi connectivity index (χ0) is 26.3. The Balaban J connectivity index is 1.79. The third-order valence-electron chi connectivity index (χ3n) is 6.29. The molecule has 0 aliphatic rings. The van der Waals surface area contributed by atoms with Gasteiger partial charge < -0.3 is 9.47 Å². The molecule has 0 saturated carbocycles. The van der Waals surface area contributed by atoms with Crippen LogP contribution in [0, 0.1) is 5.82 Å². The van der Waals surface area contributed by atoms with Gasteiger partial charge in [-0.05, 0) is 41.9 Å². The lowest BCUT2D eigenvalue weighted by molar-refractivity contribution is 0.0851. The summed E-state index contributed by atoms with van der Waals surface area (Å²) in [6.45, 7) is 15.4. The molecule has 36 heavy (non-hydrogen) atoms. The molecule has 0 radical (unpaired) electrons. The number of nitrogens with zero attached hydrogens (tertiary/aromatic N) is 3. The van der Waals surface area contributed by atoms with Crippen molar-refractivity contribution in [1.82, 2.24) is 14.1 Å². The van der Waals surface area contributed by atoms with Gasteiger partial charge in [0.05, 0.1) is 16.4 Å². The second-order valence-electron chi connectivity index (χ2n) is 11.8. The van der Waals surface area contributed by atoms with Crippen LogP contribution in [0.3, 0.4) is 0 Å². The maximum atomic E-state index is 14.4. The van der Waals surface area contributed by atoms with Gasteiger partial charge in [0.2, 0.25) is 5.28 Å². The minimum atomic E-state index is -1.24. The van der Waals surface area contributed by atoms with Gasteiger partial charge in [-0.25, -0.2) is 9.37 Å². The first kappa shape index (κ1) is 27.0. The van der Waals surface area contributed by atoms with Gasteiger partial charge in [-0.2, -0.15) is 19.6 Å². The van der Waals surface area contributed by atoms with Crippen molar-refractivity contribution in [1.29, 1.82) is 0 Å². The van der Waals surface area contributed by atoms with E-state index in [-0.39, 0.29) is 24.3 Å². The highest BCUT2D eigenvalue weighted by Crippen LogP contribution is 2.35. The number of hydrogen-bond acceptors (Lipinski definition) is 4. The van der Waals surface area contributed by atoms with Gasteiger partial charge in [0.15, 0.2) is 0 Å². The predicted octanol–water partition coefficient (Wildman–Crippen LogP) is 6.92. The number of pyridine rings is 1. The topological polar surface area (TPSA) is 58.3 Å². The molecular formula is C26H35ClFN3O3Si2-. The van der Waals surface area contributed by atoms with Crippen LogP contribution in [-0.4, -0.2) is 43.5 Å². The molecule has 4 aromatic rings. The molecule has 2 heterocycles. The smallest absolute Gasteiger partial charge is 0.261 e. The van der Waals surface area contributed by atoms with Crippen molar-refractivity contribution in [3.8, 4) is 0 Å². The largest absolute Gasteiger partial charge is 0.364 e. The number of aromatic nitrogens is 3. The van der Waals surface area contributed by atoms with E-state index in [0.717, 1.165) is 17.6 Å². The fraction of sp³-hybridized carbons (Fsp3) is 0.462. The van der Waals surface area contributed by atoms with Crippen molar-refractivity contribution >= 4 is 60.3 Å². The monoisotopic (exact) mass is 547 g/mol. The summed E-state index contributed by atoms with van der Waals surface area (Å²) >= 11 is 6.57. The molecule has 0 fully saturated rings. The van der Waals surface area contributed by atoms with Crippen LogP contribution in [0.2, 0.25) is 56.7 Å². The first-order chi connectivity index (χ1) is 16.9. The van der Waals surface area contributed by atoms with Gasteiger partial charge in [-0.3, -0.25) is 13.9 Å². The van der Waals surface area contributed by atoms with Gasteiger partial charge in [-0.15, -0.1) is 14.1 Å². The summed E-state index contributed by atoms with van der Waals surface area (Å²) in [5, 5.41) is 2.55. The maximum absolute atomic E-state index is 14.4. The standard InChI is InChI=1S/C26H35ClFN3O3Si2/c1-35(2,3)13-11-33-16-30-10-9-20-22(25(30)32)21-15-18(28)7-8-19(21)24-23(20)29-26(27)31(24)17-34-12-14-36(4,5)6/h7-10,15H,11-14,16-17H2,1-6H3/q-1. The van der Waals surface area contributed by atoms with E-state index < -0.39 is 22.0 Å². The van der Waals surface area contributed by atoms with Gasteiger partial charge in [0, 0.05) is 43.6 Å². The summed E-state index contributed by atoms with van der Waals surface area (Å²) in [6, 6.07) is 8.37. The van der Waals surface area contributed by atoms with Crippen LogP contribution in [0.15, 0.2) is 35.3 Å². The van der Waals surface area contributed by atoms with E-state index >= 15 is 0 Å². The SMILES string of the molecule is C[Si](C)(C)CCOCn1ccc2c3nc(Cl)n(COCC[Si-](C)(C)C)c3c3ccc(F)cc3c2c1=O. The van der Waals surface area contributed by atoms with Gasteiger partial charge in [0.25, 0.3) is 5.56 Å². The second kappa shape index (κ2) is 10.4. The van der Waals surface area contributed by atoms with E-state index in [0.29, 0.717) is 40.3 Å². The number of halogens is 2. The summed E-state index contributed by atoms with van der Waals surface area (Å²) < 4.78 is 29.5. The maximum Gasteiger partial charge on any atom is 0.261 e. The van der Waals surface area contributed by atoms with Crippen LogP contribution in [0.4, 0.5) is 4.39 Å². The molecule has 195 valence electrons. The highest BCUT2D eigenvalue weighted by atomic mass is 35.5. The predicted molar refractivity (Wildman–Crippen MR) is 152 cm³/mol. The number of ether oxygens (including phenoxy) is 2. The summed E-state index contributed by atoms with van der Waals surface area (Å²) in [5.74, 6) is -0.409. The van der Waals surface area contributed by atoms with E-state index in [2.05, 4.69) is 44.3 Å². The van der Waals surface area contributed by atoms with E-state index in [1.807, 2.05) is 6.07 Å². The van der Waals surface area contributed by atoms with Crippen molar-refractivity contribution in [2.45, 2.75) is 64.8 Å². The zero-order valence-electron chi connectivity index (χ0n) is 22.0. The molecule has 0 unspecified atom stereocenters. The molecular weight excluding hydrogens is 513 g/mol. The Morgan fingerprint density at radius 3 is 2.44 bits per heavy atom. The Labute approximate surface area is 218 Å². The van der Waals surface area contributed by atoms with Crippen LogP contribution in [0.5, 0.6) is 0 Å². The number of benzene rings is 2. The summed E-state index contributed by atoms with van der Waals surface area (Å²) in [7, 11) is -2.47. The fourth-order valence-electron chi connectivity index (χ4n) is 4.14. The molecule has 0 spiro atoms. The Kier molecular flexibility index (Phi) is 7.78. The Morgan fingerprint density at radius 2 is 1.75 bits per heavy atom. The molecule has 10 heteroatoms. The number of imidazole rings is 1. The molecule has 2 aromatic carbocycles. The number of rotatable bonds is 10. The lowest BCUT2D eigenvalue weighted by atomic mass is 10.0. The molecule has 0 aliphatic heterocycles. The van der Waals surface area contributed by atoms with Gasteiger partial charge in [0.1, 0.15) is 19.3 Å². The second-order valence-corrected chi connectivity index (χ2v) is 23.4. The molecule has 0 saturated heterocycles. The van der Waals surface area contributed by atoms with E-state index in [9.17, 15) is 9.18 Å². The normalized spacial score (nSPS) is 12.9. The average Bonchev–Trinajstić information content (AvgIpc) is 3.10. The molecule has 2 aromatic heterocycles. The van der Waals surface area contributed by atoms with E-state index in [1.165, 1.54) is 16.7 Å². The van der Waals surface area contributed by atoms with Crippen molar-refractivity contribution in [3.05, 3.63) is 51.9 Å². The fourth-order valence-corrected chi connectivity index (χ4v) is 5.87. The highest BCUT2D eigenvalue weighted by molar-refractivity contribution is 6.76. The third kappa shape index (κ3) is 5.91. The van der Waals surface area contributed by atoms with Crippen LogP contribution < -0.4 is 5.56 Å². The van der Waals surface area contributed by atoms with Gasteiger partial charge >= 0.3 is 0 Å². The molecule has 0 amide bonds. The lowest BCUT2D eigenvalue weighted by Gasteiger charge is -2.26. The first-order valence-electron chi connectivity index (χ1n) is 12.3. The average molecular weight is 548 g/mol. The minimum absolute atomic E-state index is 0.147. The van der Waals surface area contributed by atoms with Crippen LogP contribution in [-0.2, 0) is 22.9 Å². The molecule has 0 atom stereocenters. The van der Waals surface area contributed by atoms with E-state index in [1.54, 1.807) is 16.8 Å². The Bertz CT molecular complexity index is 1470. The first-order valence-corrected chi connectivity index (χ1v) is 20.1. The molecule has 0 aliphatic carbocycles. The molecule has 0 N–H and O–H groups in total. The molecule has 6 nitrogen and oxygen atoms in total. The van der Waals surface area contributed by atoms with E-state index in [4.69, 9.17) is 21.1 Å². The summed E-state index contributed by atoms with van der Waals surface area (Å²) in [6.07, 6.45) is 1.71. The van der Waals surface area contributed by atoms with Crippen molar-refractivity contribution < 1.29 is 13.9 Å². The zero-order valence-corrected chi connectivity index (χ0v) is 24.7. The number of hydrogen-bond donors (Lipinski definition) is 0. The highest BCUT2D eigenvalue weighted by Gasteiger charge is 2.20. The van der Waals surface area contributed by atoms with Crippen molar-refractivity contribution in [3.63, 3.8) is 0 Å². The van der Waals surface area contributed by atoms with Crippen LogP contribution in [0.25, 0.3) is 32.6 Å². The van der Waals surface area contributed by atoms with Crippen molar-refractivity contribution in [2.24, 2.45) is 0 Å².